The molecule has 0 bridgehead atoms. The molecule has 6 heteroatoms. The molecule has 0 radical (unpaired) electrons. The number of hydrogen-bond donors (Lipinski definition) is 0. The molecule has 0 N–H and O–H groups in total. The highest BCUT2D eigenvalue weighted by Crippen LogP contribution is 2.18. The van der Waals surface area contributed by atoms with E-state index in [-0.39, 0.29) is 5.22 Å². The maximum Gasteiger partial charge on any atom is 0.330 e. The standard InChI is InChI=1S/C7H10N2O3S/c10-13(11,7-8-3-6-12-7)9-4-1-2-5-9/h3,6H,1-2,4-5H2. The van der Waals surface area contributed by atoms with E-state index in [1.54, 1.807) is 0 Å². The molecule has 1 aliphatic rings. The van der Waals surface area contributed by atoms with Crippen LogP contribution in [-0.4, -0.2) is 30.8 Å². The van der Waals surface area contributed by atoms with Gasteiger partial charge >= 0.3 is 5.22 Å². The Morgan fingerprint density at radius 3 is 2.62 bits per heavy atom. The lowest BCUT2D eigenvalue weighted by Gasteiger charge is -2.11. The third-order valence-corrected chi connectivity index (χ3v) is 3.72. The predicted molar refractivity (Wildman–Crippen MR) is 44.5 cm³/mol. The molecule has 2 rings (SSSR count). The van der Waals surface area contributed by atoms with E-state index in [0.717, 1.165) is 12.8 Å². The monoisotopic (exact) mass is 202 g/mol. The van der Waals surface area contributed by atoms with Gasteiger partial charge in [0, 0.05) is 13.1 Å². The summed E-state index contributed by atoms with van der Waals surface area (Å²) in [6, 6.07) is 0. The summed E-state index contributed by atoms with van der Waals surface area (Å²) < 4.78 is 29.5. The van der Waals surface area contributed by atoms with E-state index in [1.165, 1.54) is 16.8 Å². The van der Waals surface area contributed by atoms with Crippen LogP contribution in [0, 0.1) is 0 Å². The minimum atomic E-state index is -3.44. The van der Waals surface area contributed by atoms with Gasteiger partial charge in [-0.15, -0.1) is 0 Å². The van der Waals surface area contributed by atoms with E-state index in [4.69, 9.17) is 4.42 Å². The van der Waals surface area contributed by atoms with Crippen LogP contribution >= 0.6 is 0 Å². The van der Waals surface area contributed by atoms with Gasteiger partial charge in [-0.1, -0.05) is 0 Å². The predicted octanol–water partition coefficient (Wildman–Crippen LogP) is 0.459. The average Bonchev–Trinajstić information content (AvgIpc) is 2.78. The van der Waals surface area contributed by atoms with Gasteiger partial charge in [-0.2, -0.15) is 4.31 Å². The fourth-order valence-electron chi connectivity index (χ4n) is 1.38. The fourth-order valence-corrected chi connectivity index (χ4v) is 2.71. The molecule has 0 aromatic carbocycles. The number of nitrogens with zero attached hydrogens (tertiary/aromatic N) is 2. The molecule has 1 aromatic heterocycles. The number of sulfonamides is 1. The number of hydrogen-bond acceptors (Lipinski definition) is 4. The van der Waals surface area contributed by atoms with Crippen molar-refractivity contribution in [2.75, 3.05) is 13.1 Å². The van der Waals surface area contributed by atoms with Gasteiger partial charge in [0.05, 0.1) is 6.20 Å². The van der Waals surface area contributed by atoms with Crippen LogP contribution in [0.15, 0.2) is 22.1 Å². The molecule has 0 amide bonds. The Bertz CT molecular complexity index is 364. The summed E-state index contributed by atoms with van der Waals surface area (Å²) in [6.45, 7) is 1.15. The normalized spacial score (nSPS) is 19.4. The van der Waals surface area contributed by atoms with Crippen LogP contribution in [0.5, 0.6) is 0 Å². The Labute approximate surface area is 76.4 Å². The molecule has 1 aliphatic heterocycles. The highest BCUT2D eigenvalue weighted by molar-refractivity contribution is 7.88. The molecule has 0 spiro atoms. The summed E-state index contributed by atoms with van der Waals surface area (Å²) in [6.07, 6.45) is 4.44. The Kier molecular flexibility index (Phi) is 2.09. The van der Waals surface area contributed by atoms with Gasteiger partial charge in [0.25, 0.3) is 10.0 Å². The van der Waals surface area contributed by atoms with Crippen molar-refractivity contribution in [1.82, 2.24) is 9.29 Å². The molecule has 0 aliphatic carbocycles. The third kappa shape index (κ3) is 1.47. The van der Waals surface area contributed by atoms with E-state index >= 15 is 0 Å². The molecular weight excluding hydrogens is 192 g/mol. The van der Waals surface area contributed by atoms with Crippen molar-refractivity contribution in [2.24, 2.45) is 0 Å². The lowest BCUT2D eigenvalue weighted by Crippen LogP contribution is -2.28. The number of oxazole rings is 1. The lowest BCUT2D eigenvalue weighted by atomic mass is 10.4. The molecular formula is C7H10N2O3S. The summed E-state index contributed by atoms with van der Waals surface area (Å²) in [5.41, 5.74) is 0. The van der Waals surface area contributed by atoms with Crippen LogP contribution in [0.1, 0.15) is 12.8 Å². The molecule has 1 fully saturated rings. The van der Waals surface area contributed by atoms with E-state index in [2.05, 4.69) is 4.98 Å². The van der Waals surface area contributed by atoms with Gasteiger partial charge in [-0.25, -0.2) is 13.4 Å². The first-order valence-electron chi connectivity index (χ1n) is 4.11. The van der Waals surface area contributed by atoms with Crippen LogP contribution in [-0.2, 0) is 10.0 Å². The van der Waals surface area contributed by atoms with Gasteiger partial charge in [-0.05, 0) is 12.8 Å². The SMILES string of the molecule is O=S(=O)(c1ncco1)N1CCCC1. The first-order chi connectivity index (χ1) is 6.21. The first-order valence-corrected chi connectivity index (χ1v) is 5.55. The van der Waals surface area contributed by atoms with Crippen molar-refractivity contribution >= 4 is 10.0 Å². The second-order valence-electron chi connectivity index (χ2n) is 2.91. The average molecular weight is 202 g/mol. The second-order valence-corrected chi connectivity index (χ2v) is 4.72. The molecule has 1 saturated heterocycles. The lowest BCUT2D eigenvalue weighted by molar-refractivity contribution is 0.396. The molecule has 1 aromatic rings. The Hall–Kier alpha value is -0.880. The maximum atomic E-state index is 11.7. The summed E-state index contributed by atoms with van der Waals surface area (Å²) in [5, 5.41) is -0.200. The van der Waals surface area contributed by atoms with Crippen LogP contribution in [0.3, 0.4) is 0 Å². The molecule has 72 valence electrons. The zero-order valence-electron chi connectivity index (χ0n) is 7.01. The molecule has 0 unspecified atom stereocenters. The zero-order valence-corrected chi connectivity index (χ0v) is 7.83. The fraction of sp³-hybridized carbons (Fsp3) is 0.571. The molecule has 5 nitrogen and oxygen atoms in total. The van der Waals surface area contributed by atoms with E-state index < -0.39 is 10.0 Å². The molecule has 0 atom stereocenters. The first kappa shape index (κ1) is 8.71. The highest BCUT2D eigenvalue weighted by Gasteiger charge is 2.30. The summed E-state index contributed by atoms with van der Waals surface area (Å²) >= 11 is 0. The van der Waals surface area contributed by atoms with Crippen molar-refractivity contribution < 1.29 is 12.8 Å². The van der Waals surface area contributed by atoms with Crippen LogP contribution in [0.4, 0.5) is 0 Å². The Morgan fingerprint density at radius 1 is 1.38 bits per heavy atom. The smallest absolute Gasteiger partial charge is 0.330 e. The van der Waals surface area contributed by atoms with Crippen molar-refractivity contribution in [3.8, 4) is 0 Å². The largest absolute Gasteiger partial charge is 0.436 e. The van der Waals surface area contributed by atoms with Gasteiger partial charge < -0.3 is 4.42 Å². The number of rotatable bonds is 2. The van der Waals surface area contributed by atoms with Crippen LogP contribution < -0.4 is 0 Å². The van der Waals surface area contributed by atoms with Gasteiger partial charge in [0.1, 0.15) is 6.26 Å². The summed E-state index contributed by atoms with van der Waals surface area (Å²) in [4.78, 5) is 3.64. The highest BCUT2D eigenvalue weighted by atomic mass is 32.2. The summed E-state index contributed by atoms with van der Waals surface area (Å²) in [7, 11) is -3.44. The van der Waals surface area contributed by atoms with E-state index in [0.29, 0.717) is 13.1 Å². The quantitative estimate of drug-likeness (QED) is 0.698. The Balaban J connectivity index is 2.30. The topological polar surface area (TPSA) is 63.4 Å². The minimum Gasteiger partial charge on any atom is -0.436 e. The molecule has 2 heterocycles. The third-order valence-electron chi connectivity index (χ3n) is 2.04. The van der Waals surface area contributed by atoms with E-state index in [9.17, 15) is 8.42 Å². The van der Waals surface area contributed by atoms with Crippen molar-refractivity contribution in [3.63, 3.8) is 0 Å². The molecule has 13 heavy (non-hydrogen) atoms. The maximum absolute atomic E-state index is 11.7. The second kappa shape index (κ2) is 3.12. The van der Waals surface area contributed by atoms with Gasteiger partial charge in [-0.3, -0.25) is 0 Å². The summed E-state index contributed by atoms with van der Waals surface area (Å²) in [5.74, 6) is 0. The van der Waals surface area contributed by atoms with Crippen molar-refractivity contribution in [2.45, 2.75) is 18.1 Å². The molecule has 0 saturated carbocycles. The van der Waals surface area contributed by atoms with Crippen molar-refractivity contribution in [1.29, 1.82) is 0 Å². The van der Waals surface area contributed by atoms with Gasteiger partial charge in [0.15, 0.2) is 0 Å². The Morgan fingerprint density at radius 2 is 2.08 bits per heavy atom. The van der Waals surface area contributed by atoms with Crippen LogP contribution in [0.2, 0.25) is 0 Å². The van der Waals surface area contributed by atoms with Crippen LogP contribution in [0.25, 0.3) is 0 Å². The van der Waals surface area contributed by atoms with Gasteiger partial charge in [0.2, 0.25) is 0 Å². The zero-order chi connectivity index (χ0) is 9.31. The minimum absolute atomic E-state index is 0.200. The van der Waals surface area contributed by atoms with E-state index in [1.807, 2.05) is 0 Å². The number of aromatic nitrogens is 1. The van der Waals surface area contributed by atoms with Crippen molar-refractivity contribution in [3.05, 3.63) is 12.5 Å².